The molecule has 0 aromatic carbocycles. The molecule has 0 N–H and O–H groups in total. The van der Waals surface area contributed by atoms with Crippen LogP contribution in [0.25, 0.3) is 11.2 Å². The average Bonchev–Trinajstić information content (AvgIpc) is 2.92. The summed E-state index contributed by atoms with van der Waals surface area (Å²) in [5, 5.41) is 0. The van der Waals surface area contributed by atoms with E-state index in [1.54, 1.807) is 12.7 Å². The van der Waals surface area contributed by atoms with Crippen LogP contribution in [0, 0.1) is 0 Å². The number of hydrogen-bond acceptors (Lipinski definition) is 5. The molecule has 3 rings (SSSR count). The van der Waals surface area contributed by atoms with Crippen LogP contribution < -0.4 is 0 Å². The van der Waals surface area contributed by atoms with Crippen LogP contribution in [-0.4, -0.2) is 56.6 Å². The minimum absolute atomic E-state index is 0.631. The highest BCUT2D eigenvalue weighted by Gasteiger charge is 2.13. The lowest BCUT2D eigenvalue weighted by molar-refractivity contribution is 0.0678. The van der Waals surface area contributed by atoms with Gasteiger partial charge in [0.25, 0.3) is 0 Å². The number of hydrogen-bond donors (Lipinski definition) is 0. The van der Waals surface area contributed by atoms with Gasteiger partial charge in [-0.15, -0.1) is 0 Å². The Morgan fingerprint density at radius 1 is 1.30 bits per heavy atom. The molecule has 1 aliphatic heterocycles. The second-order valence-corrected chi connectivity index (χ2v) is 4.66. The van der Waals surface area contributed by atoms with Gasteiger partial charge >= 0.3 is 0 Å². The molecule has 1 fully saturated rings. The molecule has 0 bridgehead atoms. The predicted octanol–water partition coefficient (Wildman–Crippen LogP) is 1.23. The molecule has 0 radical (unpaired) electrons. The second kappa shape index (κ2) is 5.54. The Morgan fingerprint density at radius 3 is 2.85 bits per heavy atom. The van der Waals surface area contributed by atoms with E-state index in [1.807, 2.05) is 11.5 Å². The fourth-order valence-corrected chi connectivity index (χ4v) is 2.29. The number of aliphatic imine (C=N–C) groups is 1. The minimum atomic E-state index is 0.631. The van der Waals surface area contributed by atoms with Gasteiger partial charge in [0.05, 0.1) is 19.5 Å². The molecule has 0 unspecified atom stereocenters. The third-order valence-corrected chi connectivity index (χ3v) is 3.46. The van der Waals surface area contributed by atoms with Crippen molar-refractivity contribution in [1.29, 1.82) is 0 Å². The molecule has 0 atom stereocenters. The van der Waals surface area contributed by atoms with Crippen molar-refractivity contribution in [3.63, 3.8) is 0 Å². The van der Waals surface area contributed by atoms with E-state index in [0.717, 1.165) is 49.8 Å². The van der Waals surface area contributed by atoms with E-state index in [4.69, 9.17) is 4.74 Å². The summed E-state index contributed by atoms with van der Waals surface area (Å²) in [4.78, 5) is 19.7. The molecule has 20 heavy (non-hydrogen) atoms. The predicted molar refractivity (Wildman–Crippen MR) is 76.2 cm³/mol. The lowest BCUT2D eigenvalue weighted by atomic mass is 10.4. The molecule has 0 amide bonds. The van der Waals surface area contributed by atoms with E-state index in [9.17, 15) is 0 Å². The summed E-state index contributed by atoms with van der Waals surface area (Å²) in [6.07, 6.45) is 3.32. The van der Waals surface area contributed by atoms with E-state index < -0.39 is 0 Å². The molecule has 0 aliphatic carbocycles. The zero-order valence-electron chi connectivity index (χ0n) is 11.8. The van der Waals surface area contributed by atoms with Gasteiger partial charge < -0.3 is 14.2 Å². The van der Waals surface area contributed by atoms with Crippen molar-refractivity contribution >= 4 is 22.8 Å². The second-order valence-electron chi connectivity index (χ2n) is 4.66. The number of amidine groups is 1. The first-order chi connectivity index (χ1) is 9.79. The largest absolute Gasteiger partial charge is 0.378 e. The SMILES string of the molecule is CCn1cnc2c(N=C(C)N3CCOCC3)ncnc21. The first-order valence-electron chi connectivity index (χ1n) is 6.83. The standard InChI is InChI=1S/C13H18N6O/c1-3-18-9-16-11-12(14-8-15-13(11)18)17-10(2)19-4-6-20-7-5-19/h8-9H,3-7H2,1-2H3. The Labute approximate surface area is 117 Å². The number of ether oxygens (including phenoxy) is 1. The van der Waals surface area contributed by atoms with Gasteiger partial charge in [0.1, 0.15) is 12.2 Å². The van der Waals surface area contributed by atoms with Crippen molar-refractivity contribution in [3.05, 3.63) is 12.7 Å². The van der Waals surface area contributed by atoms with Crippen molar-refractivity contribution in [2.24, 2.45) is 4.99 Å². The number of rotatable bonds is 2. The Hall–Kier alpha value is -2.02. The zero-order chi connectivity index (χ0) is 13.9. The minimum Gasteiger partial charge on any atom is -0.378 e. The van der Waals surface area contributed by atoms with Crippen LogP contribution in [0.2, 0.25) is 0 Å². The number of aryl methyl sites for hydroxylation is 1. The van der Waals surface area contributed by atoms with Gasteiger partial charge in [-0.05, 0) is 13.8 Å². The highest BCUT2D eigenvalue weighted by Crippen LogP contribution is 2.20. The maximum absolute atomic E-state index is 5.35. The molecule has 0 spiro atoms. The smallest absolute Gasteiger partial charge is 0.185 e. The van der Waals surface area contributed by atoms with Crippen LogP contribution in [0.4, 0.5) is 5.82 Å². The number of nitrogens with zero attached hydrogens (tertiary/aromatic N) is 6. The van der Waals surface area contributed by atoms with Crippen LogP contribution in [0.1, 0.15) is 13.8 Å². The first kappa shape index (κ1) is 13.0. The molecule has 0 saturated carbocycles. The number of morpholine rings is 1. The average molecular weight is 274 g/mol. The molecule has 2 aromatic rings. The third-order valence-electron chi connectivity index (χ3n) is 3.46. The molecule has 2 aromatic heterocycles. The first-order valence-corrected chi connectivity index (χ1v) is 6.83. The summed E-state index contributed by atoms with van der Waals surface area (Å²) < 4.78 is 7.34. The van der Waals surface area contributed by atoms with Crippen molar-refractivity contribution < 1.29 is 4.74 Å². The van der Waals surface area contributed by atoms with Crippen LogP contribution in [0.3, 0.4) is 0 Å². The van der Waals surface area contributed by atoms with Gasteiger partial charge in [0, 0.05) is 19.6 Å². The summed E-state index contributed by atoms with van der Waals surface area (Å²) in [5.41, 5.74) is 1.58. The van der Waals surface area contributed by atoms with Crippen LogP contribution in [-0.2, 0) is 11.3 Å². The molecular weight excluding hydrogens is 256 g/mol. The van der Waals surface area contributed by atoms with E-state index in [2.05, 4.69) is 31.8 Å². The Balaban J connectivity index is 1.95. The van der Waals surface area contributed by atoms with Gasteiger partial charge in [0.2, 0.25) is 0 Å². The highest BCUT2D eigenvalue weighted by molar-refractivity contribution is 5.88. The molecule has 7 heteroatoms. The molecule has 7 nitrogen and oxygen atoms in total. The molecule has 1 saturated heterocycles. The maximum atomic E-state index is 5.35. The Bertz CT molecular complexity index is 629. The summed E-state index contributed by atoms with van der Waals surface area (Å²) in [5.74, 6) is 1.57. The normalized spacial score (nSPS) is 16.9. The van der Waals surface area contributed by atoms with Gasteiger partial charge in [-0.3, -0.25) is 0 Å². The molecular formula is C13H18N6O. The highest BCUT2D eigenvalue weighted by atomic mass is 16.5. The molecule has 1 aliphatic rings. The van der Waals surface area contributed by atoms with Crippen LogP contribution in [0.5, 0.6) is 0 Å². The Kier molecular flexibility index (Phi) is 3.60. The van der Waals surface area contributed by atoms with Crippen LogP contribution in [0.15, 0.2) is 17.6 Å². The van der Waals surface area contributed by atoms with Gasteiger partial charge in [-0.2, -0.15) is 0 Å². The monoisotopic (exact) mass is 274 g/mol. The zero-order valence-corrected chi connectivity index (χ0v) is 11.8. The number of fused-ring (bicyclic) bond motifs is 1. The van der Waals surface area contributed by atoms with E-state index >= 15 is 0 Å². The molecule has 106 valence electrons. The van der Waals surface area contributed by atoms with Crippen LogP contribution >= 0.6 is 0 Å². The van der Waals surface area contributed by atoms with Gasteiger partial charge in [-0.25, -0.2) is 19.9 Å². The van der Waals surface area contributed by atoms with Gasteiger partial charge in [0.15, 0.2) is 17.0 Å². The fourth-order valence-electron chi connectivity index (χ4n) is 2.29. The van der Waals surface area contributed by atoms with E-state index in [0.29, 0.717) is 5.82 Å². The quantitative estimate of drug-likeness (QED) is 0.608. The third kappa shape index (κ3) is 2.36. The fraction of sp³-hybridized carbons (Fsp3) is 0.538. The lowest BCUT2D eigenvalue weighted by Gasteiger charge is -2.28. The van der Waals surface area contributed by atoms with Crippen molar-refractivity contribution in [1.82, 2.24) is 24.4 Å². The summed E-state index contributed by atoms with van der Waals surface area (Å²) in [6, 6.07) is 0. The van der Waals surface area contributed by atoms with Crippen molar-refractivity contribution in [3.8, 4) is 0 Å². The number of imidazole rings is 1. The molecule has 3 heterocycles. The summed E-state index contributed by atoms with van der Waals surface area (Å²) >= 11 is 0. The van der Waals surface area contributed by atoms with E-state index in [-0.39, 0.29) is 0 Å². The summed E-state index contributed by atoms with van der Waals surface area (Å²) in [6.45, 7) is 8.12. The maximum Gasteiger partial charge on any atom is 0.185 e. The topological polar surface area (TPSA) is 68.4 Å². The number of aromatic nitrogens is 4. The van der Waals surface area contributed by atoms with Crippen molar-refractivity contribution in [2.45, 2.75) is 20.4 Å². The van der Waals surface area contributed by atoms with Gasteiger partial charge in [-0.1, -0.05) is 0 Å². The Morgan fingerprint density at radius 2 is 2.10 bits per heavy atom. The summed E-state index contributed by atoms with van der Waals surface area (Å²) in [7, 11) is 0. The lowest BCUT2D eigenvalue weighted by Crippen LogP contribution is -2.39. The van der Waals surface area contributed by atoms with E-state index in [1.165, 1.54) is 0 Å². The van der Waals surface area contributed by atoms with Crippen molar-refractivity contribution in [2.75, 3.05) is 26.3 Å².